The average Bonchev–Trinajstić information content (AvgIpc) is 2.81. The Morgan fingerprint density at radius 1 is 0.878 bits per heavy atom. The molecule has 2 N–H and O–H groups in total. The molecule has 0 unspecified atom stereocenters. The zero-order valence-electron chi connectivity index (χ0n) is 24.4. The number of hydrogen-bond donors (Lipinski definition) is 2. The lowest BCUT2D eigenvalue weighted by Gasteiger charge is -2.22. The highest BCUT2D eigenvalue weighted by molar-refractivity contribution is 9.10. The lowest BCUT2D eigenvalue weighted by molar-refractivity contribution is 0.0545. The molecule has 0 aliphatic rings. The Kier molecular flexibility index (Phi) is 12.2. The van der Waals surface area contributed by atoms with Crippen molar-refractivity contribution in [1.82, 2.24) is 10.6 Å². The predicted octanol–water partition coefficient (Wildman–Crippen LogP) is 5.84. The van der Waals surface area contributed by atoms with Gasteiger partial charge in [-0.1, -0.05) is 23.8 Å². The molecule has 2 aromatic carbocycles. The second-order valence-electron chi connectivity index (χ2n) is 11.0. The SMILES string of the molecule is Cc1ccc(S(=O)(=O)OCCCOc2ccc(CN=C(NC(=O)OC(C)(C)C)NC(=O)OC(C)(C)C)cc2Br)cc1. The van der Waals surface area contributed by atoms with Crippen molar-refractivity contribution in [2.75, 3.05) is 13.2 Å². The molecule has 0 fully saturated rings. The minimum Gasteiger partial charge on any atom is -0.492 e. The van der Waals surface area contributed by atoms with Crippen molar-refractivity contribution in [2.45, 2.75) is 77.5 Å². The lowest BCUT2D eigenvalue weighted by Crippen LogP contribution is -2.47. The maximum atomic E-state index is 12.3. The third kappa shape index (κ3) is 13.4. The van der Waals surface area contributed by atoms with Crippen molar-refractivity contribution in [2.24, 2.45) is 4.99 Å². The minimum absolute atomic E-state index is 0.0291. The molecule has 0 saturated heterocycles. The highest BCUT2D eigenvalue weighted by Gasteiger charge is 2.21. The second-order valence-corrected chi connectivity index (χ2v) is 13.4. The number of carbonyl (C=O) groups is 2. The molecule has 13 heteroatoms. The fourth-order valence-corrected chi connectivity index (χ4v) is 4.51. The van der Waals surface area contributed by atoms with Crippen LogP contribution in [0.4, 0.5) is 9.59 Å². The van der Waals surface area contributed by atoms with Crippen molar-refractivity contribution in [1.29, 1.82) is 0 Å². The topological polar surface area (TPSA) is 142 Å². The zero-order chi connectivity index (χ0) is 30.8. The standard InChI is InChI=1S/C28H38BrN3O8S/c1-19-9-12-21(13-10-19)41(35,36)38-16-8-15-37-23-14-11-20(17-22(23)29)18-30-24(31-25(33)39-27(2,3)4)32-26(34)40-28(5,6)7/h9-14,17H,8,15-16,18H2,1-7H3,(H2,30,31,32,33,34). The predicted molar refractivity (Wildman–Crippen MR) is 158 cm³/mol. The van der Waals surface area contributed by atoms with Gasteiger partial charge in [0.1, 0.15) is 17.0 Å². The summed E-state index contributed by atoms with van der Waals surface area (Å²) in [6.45, 7) is 12.5. The van der Waals surface area contributed by atoms with Crippen LogP contribution in [0.15, 0.2) is 56.8 Å². The summed E-state index contributed by atoms with van der Waals surface area (Å²) in [6.07, 6.45) is -1.22. The van der Waals surface area contributed by atoms with Crippen molar-refractivity contribution >= 4 is 44.2 Å². The summed E-state index contributed by atoms with van der Waals surface area (Å²) in [7, 11) is -3.83. The number of nitrogens with one attached hydrogen (secondary N) is 2. The van der Waals surface area contributed by atoms with E-state index < -0.39 is 33.5 Å². The first-order valence-electron chi connectivity index (χ1n) is 12.9. The summed E-state index contributed by atoms with van der Waals surface area (Å²) in [5, 5.41) is 4.87. The van der Waals surface area contributed by atoms with Gasteiger partial charge in [0, 0.05) is 6.42 Å². The molecule has 0 radical (unpaired) electrons. The van der Waals surface area contributed by atoms with Gasteiger partial charge in [0.15, 0.2) is 0 Å². The molecule has 0 spiro atoms. The first-order chi connectivity index (χ1) is 18.9. The molecule has 226 valence electrons. The van der Waals surface area contributed by atoms with Gasteiger partial charge in [-0.05, 0) is 94.2 Å². The Morgan fingerprint density at radius 3 is 1.95 bits per heavy atom. The maximum Gasteiger partial charge on any atom is 0.414 e. The van der Waals surface area contributed by atoms with Crippen LogP contribution in [0.1, 0.15) is 59.1 Å². The number of ether oxygens (including phenoxy) is 3. The van der Waals surface area contributed by atoms with E-state index in [9.17, 15) is 18.0 Å². The number of rotatable bonds is 9. The van der Waals surface area contributed by atoms with Crippen molar-refractivity contribution in [3.05, 3.63) is 58.1 Å². The van der Waals surface area contributed by atoms with E-state index in [0.717, 1.165) is 11.1 Å². The smallest absolute Gasteiger partial charge is 0.414 e. The minimum atomic E-state index is -3.83. The van der Waals surface area contributed by atoms with Crippen molar-refractivity contribution in [3.63, 3.8) is 0 Å². The summed E-state index contributed by atoms with van der Waals surface area (Å²) in [5.41, 5.74) is 0.203. The molecule has 0 aromatic heterocycles. The highest BCUT2D eigenvalue weighted by Crippen LogP contribution is 2.26. The van der Waals surface area contributed by atoms with E-state index in [1.54, 1.807) is 71.9 Å². The monoisotopic (exact) mass is 655 g/mol. The number of amides is 2. The largest absolute Gasteiger partial charge is 0.492 e. The normalized spacial score (nSPS) is 11.8. The molecule has 2 amide bonds. The Morgan fingerprint density at radius 2 is 1.44 bits per heavy atom. The molecule has 0 aliphatic carbocycles. The van der Waals surface area contributed by atoms with E-state index >= 15 is 0 Å². The van der Waals surface area contributed by atoms with Gasteiger partial charge >= 0.3 is 12.2 Å². The highest BCUT2D eigenvalue weighted by atomic mass is 79.9. The Hall–Kier alpha value is -3.16. The van der Waals surface area contributed by atoms with Gasteiger partial charge in [0.2, 0.25) is 5.96 Å². The molecular weight excluding hydrogens is 618 g/mol. The summed E-state index contributed by atoms with van der Waals surface area (Å²) >= 11 is 3.46. The summed E-state index contributed by atoms with van der Waals surface area (Å²) in [6, 6.07) is 11.7. The number of guanidine groups is 1. The molecule has 0 aliphatic heterocycles. The number of aliphatic imine (C=N–C) groups is 1. The lowest BCUT2D eigenvalue weighted by atomic mass is 10.2. The van der Waals surface area contributed by atoms with Crippen LogP contribution in [0.25, 0.3) is 0 Å². The van der Waals surface area contributed by atoms with Crippen LogP contribution >= 0.6 is 15.9 Å². The van der Waals surface area contributed by atoms with Crippen molar-refractivity contribution < 1.29 is 36.4 Å². The van der Waals surface area contributed by atoms with Crippen LogP contribution in [0.5, 0.6) is 5.75 Å². The van der Waals surface area contributed by atoms with Gasteiger partial charge in [-0.3, -0.25) is 14.8 Å². The molecule has 0 heterocycles. The number of aryl methyl sites for hydroxylation is 1. The van der Waals surface area contributed by atoms with Crippen LogP contribution in [0, 0.1) is 6.92 Å². The van der Waals surface area contributed by atoms with Gasteiger partial charge in [0.05, 0.1) is 29.1 Å². The van der Waals surface area contributed by atoms with E-state index in [2.05, 4.69) is 31.6 Å². The molecular formula is C28H38BrN3O8S. The third-order valence-corrected chi connectivity index (χ3v) is 6.70. The van der Waals surface area contributed by atoms with E-state index in [1.165, 1.54) is 12.1 Å². The van der Waals surface area contributed by atoms with E-state index in [-0.39, 0.29) is 30.6 Å². The number of benzene rings is 2. The first kappa shape index (κ1) is 34.0. The molecule has 2 rings (SSSR count). The Labute approximate surface area is 250 Å². The average molecular weight is 657 g/mol. The fraction of sp³-hybridized carbons (Fsp3) is 0.464. The maximum absolute atomic E-state index is 12.3. The molecule has 41 heavy (non-hydrogen) atoms. The van der Waals surface area contributed by atoms with Gasteiger partial charge in [-0.2, -0.15) is 8.42 Å². The van der Waals surface area contributed by atoms with E-state index in [1.807, 2.05) is 6.92 Å². The van der Waals surface area contributed by atoms with E-state index in [0.29, 0.717) is 16.6 Å². The molecule has 2 aromatic rings. The van der Waals surface area contributed by atoms with Gasteiger partial charge in [-0.15, -0.1) is 0 Å². The second kappa shape index (κ2) is 14.6. The van der Waals surface area contributed by atoms with Crippen LogP contribution in [0.3, 0.4) is 0 Å². The Bertz CT molecular complexity index is 1300. The third-order valence-electron chi connectivity index (χ3n) is 4.75. The molecule has 0 atom stereocenters. The molecule has 0 bridgehead atoms. The quantitative estimate of drug-likeness (QED) is 0.149. The number of halogens is 1. The zero-order valence-corrected chi connectivity index (χ0v) is 26.8. The van der Waals surface area contributed by atoms with Gasteiger partial charge in [-0.25, -0.2) is 14.6 Å². The number of hydrogen-bond acceptors (Lipinski definition) is 9. The summed E-state index contributed by atoms with van der Waals surface area (Å²) in [4.78, 5) is 28.9. The van der Waals surface area contributed by atoms with E-state index in [4.69, 9.17) is 18.4 Å². The molecule has 11 nitrogen and oxygen atoms in total. The van der Waals surface area contributed by atoms with Crippen LogP contribution in [-0.4, -0.2) is 51.0 Å². The number of nitrogens with zero attached hydrogens (tertiary/aromatic N) is 1. The number of alkyl carbamates (subject to hydrolysis) is 2. The summed E-state index contributed by atoms with van der Waals surface area (Å²) < 4.78 is 46.5. The molecule has 0 saturated carbocycles. The fourth-order valence-electron chi connectivity index (χ4n) is 3.02. The van der Waals surface area contributed by atoms with Crippen LogP contribution in [-0.2, 0) is 30.3 Å². The first-order valence-corrected chi connectivity index (χ1v) is 15.1. The van der Waals surface area contributed by atoms with Gasteiger partial charge < -0.3 is 14.2 Å². The summed E-state index contributed by atoms with van der Waals surface area (Å²) in [5.74, 6) is 0.406. The van der Waals surface area contributed by atoms with Crippen LogP contribution < -0.4 is 15.4 Å². The van der Waals surface area contributed by atoms with Crippen LogP contribution in [0.2, 0.25) is 0 Å². The number of carbonyl (C=O) groups excluding carboxylic acids is 2. The van der Waals surface area contributed by atoms with Crippen molar-refractivity contribution in [3.8, 4) is 5.75 Å². The Balaban J connectivity index is 1.96. The van der Waals surface area contributed by atoms with Gasteiger partial charge in [0.25, 0.3) is 10.1 Å².